The van der Waals surface area contributed by atoms with Gasteiger partial charge in [-0.05, 0) is 40.0 Å². The third kappa shape index (κ3) is 4.26. The predicted molar refractivity (Wildman–Crippen MR) is 72.3 cm³/mol. The van der Waals surface area contributed by atoms with E-state index in [0.29, 0.717) is 17.8 Å². The Morgan fingerprint density at radius 1 is 1.35 bits per heavy atom. The van der Waals surface area contributed by atoms with Crippen LogP contribution in [-0.4, -0.2) is 38.6 Å². The van der Waals surface area contributed by atoms with Crippen molar-refractivity contribution >= 4 is 16.7 Å². The van der Waals surface area contributed by atoms with Gasteiger partial charge in [-0.25, -0.2) is 0 Å². The molecule has 0 saturated carbocycles. The molecule has 3 atom stereocenters. The lowest BCUT2D eigenvalue weighted by Gasteiger charge is -2.39. The first-order valence-electron chi connectivity index (χ1n) is 6.33. The summed E-state index contributed by atoms with van der Waals surface area (Å²) in [5.41, 5.74) is 0. The number of hydrogen-bond acceptors (Lipinski definition) is 2. The van der Waals surface area contributed by atoms with Crippen LogP contribution in [-0.2, 0) is 15.6 Å². The summed E-state index contributed by atoms with van der Waals surface area (Å²) >= 11 is 0. The van der Waals surface area contributed by atoms with Crippen LogP contribution in [0.4, 0.5) is 0 Å². The van der Waals surface area contributed by atoms with Gasteiger partial charge in [0.2, 0.25) is 5.91 Å². The number of likely N-dealkylation sites (tertiary alicyclic amines) is 1. The van der Waals surface area contributed by atoms with Crippen LogP contribution in [0.15, 0.2) is 12.2 Å². The van der Waals surface area contributed by atoms with Gasteiger partial charge in [-0.15, -0.1) is 0 Å². The molecule has 0 radical (unpaired) electrons. The second kappa shape index (κ2) is 6.94. The van der Waals surface area contributed by atoms with E-state index in [1.807, 2.05) is 24.0 Å². The van der Waals surface area contributed by atoms with Crippen molar-refractivity contribution in [3.63, 3.8) is 0 Å². The quantitative estimate of drug-likeness (QED) is 0.723. The third-order valence-corrected chi connectivity index (χ3v) is 4.42. The molecule has 0 aromatic carbocycles. The Morgan fingerprint density at radius 2 is 1.94 bits per heavy atom. The van der Waals surface area contributed by atoms with Gasteiger partial charge >= 0.3 is 0 Å². The summed E-state index contributed by atoms with van der Waals surface area (Å²) in [6, 6.07) is 0.593. The van der Waals surface area contributed by atoms with Gasteiger partial charge in [0.1, 0.15) is 5.75 Å². The van der Waals surface area contributed by atoms with Crippen molar-refractivity contribution < 1.29 is 9.00 Å². The van der Waals surface area contributed by atoms with Gasteiger partial charge in [-0.2, -0.15) is 0 Å². The second-order valence-electron chi connectivity index (χ2n) is 4.75. The van der Waals surface area contributed by atoms with Crippen LogP contribution in [0.3, 0.4) is 0 Å². The number of carbonyl (C=O) groups is 1. The highest BCUT2D eigenvalue weighted by atomic mass is 32.2. The number of nitrogens with zero attached hydrogens (tertiary/aromatic N) is 1. The van der Waals surface area contributed by atoms with Crippen molar-refractivity contribution in [2.75, 3.05) is 11.5 Å². The summed E-state index contributed by atoms with van der Waals surface area (Å²) in [6.07, 6.45) is 7.05. The van der Waals surface area contributed by atoms with E-state index >= 15 is 0 Å². The smallest absolute Gasteiger partial charge is 0.235 e. The van der Waals surface area contributed by atoms with Gasteiger partial charge in [-0.1, -0.05) is 12.2 Å². The number of carbonyl (C=O) groups excluding carboxylic acids is 1. The van der Waals surface area contributed by atoms with Crippen LogP contribution < -0.4 is 0 Å². The van der Waals surface area contributed by atoms with Crippen molar-refractivity contribution in [2.45, 2.75) is 52.1 Å². The highest BCUT2D eigenvalue weighted by molar-refractivity contribution is 7.85. The van der Waals surface area contributed by atoms with E-state index in [4.69, 9.17) is 0 Å². The van der Waals surface area contributed by atoms with E-state index in [1.165, 1.54) is 6.42 Å². The van der Waals surface area contributed by atoms with Crippen molar-refractivity contribution in [3.05, 3.63) is 12.2 Å². The molecule has 0 N–H and O–H groups in total. The molecule has 3 nitrogen and oxygen atoms in total. The van der Waals surface area contributed by atoms with Gasteiger partial charge in [0, 0.05) is 28.6 Å². The Hall–Kier alpha value is -0.640. The molecule has 0 spiro atoms. The van der Waals surface area contributed by atoms with Crippen molar-refractivity contribution in [1.29, 1.82) is 0 Å². The third-order valence-electron chi connectivity index (χ3n) is 3.28. The summed E-state index contributed by atoms with van der Waals surface area (Å²) in [6.45, 7) is 6.07. The fraction of sp³-hybridized carbons (Fsp3) is 0.769. The highest BCUT2D eigenvalue weighted by Crippen LogP contribution is 2.22. The monoisotopic (exact) mass is 257 g/mol. The van der Waals surface area contributed by atoms with Crippen LogP contribution in [0.2, 0.25) is 0 Å². The first kappa shape index (κ1) is 14.4. The average molecular weight is 257 g/mol. The van der Waals surface area contributed by atoms with Crippen molar-refractivity contribution in [3.8, 4) is 0 Å². The van der Waals surface area contributed by atoms with Gasteiger partial charge < -0.3 is 4.90 Å². The Bertz CT molecular complexity index is 305. The van der Waals surface area contributed by atoms with Gasteiger partial charge in [0.15, 0.2) is 0 Å². The van der Waals surface area contributed by atoms with Crippen LogP contribution in [0, 0.1) is 0 Å². The lowest BCUT2D eigenvalue weighted by Crippen LogP contribution is -2.49. The molecule has 17 heavy (non-hydrogen) atoms. The normalized spacial score (nSPS) is 27.4. The molecule has 0 aromatic rings. The molecule has 1 amide bonds. The summed E-state index contributed by atoms with van der Waals surface area (Å²) < 4.78 is 11.7. The zero-order valence-corrected chi connectivity index (χ0v) is 11.8. The Labute approximate surface area is 107 Å². The van der Waals surface area contributed by atoms with Crippen LogP contribution in [0.5, 0.6) is 0 Å². The van der Waals surface area contributed by atoms with E-state index in [0.717, 1.165) is 12.8 Å². The molecule has 1 rings (SSSR count). The Kier molecular flexibility index (Phi) is 5.89. The summed E-state index contributed by atoms with van der Waals surface area (Å²) in [7, 11) is -1.06. The highest BCUT2D eigenvalue weighted by Gasteiger charge is 2.29. The molecule has 4 heteroatoms. The second-order valence-corrected chi connectivity index (χ2v) is 6.25. The van der Waals surface area contributed by atoms with Crippen LogP contribution in [0.1, 0.15) is 40.0 Å². The van der Waals surface area contributed by atoms with Gasteiger partial charge in [0.25, 0.3) is 0 Å². The number of amides is 1. The lowest BCUT2D eigenvalue weighted by atomic mass is 9.98. The van der Waals surface area contributed by atoms with Gasteiger partial charge in [0.05, 0.1) is 0 Å². The molecular formula is C13H23NO2S. The fourth-order valence-corrected chi connectivity index (χ4v) is 3.34. The summed E-state index contributed by atoms with van der Waals surface area (Å²) in [5, 5.41) is 0. The SMILES string of the molecule is C/C=C/C[S@@](=O)CC(=O)N1[C@@H](C)CCC[C@@H]1C. The molecular weight excluding hydrogens is 234 g/mol. The maximum absolute atomic E-state index is 12.1. The minimum atomic E-state index is -1.06. The van der Waals surface area contributed by atoms with E-state index in [1.54, 1.807) is 0 Å². The van der Waals surface area contributed by atoms with Crippen molar-refractivity contribution in [2.24, 2.45) is 0 Å². The minimum absolute atomic E-state index is 0.0486. The Balaban J connectivity index is 2.53. The first-order valence-corrected chi connectivity index (χ1v) is 7.82. The molecule has 98 valence electrons. The van der Waals surface area contributed by atoms with Gasteiger partial charge in [-0.3, -0.25) is 9.00 Å². The minimum Gasteiger partial charge on any atom is -0.336 e. The zero-order valence-electron chi connectivity index (χ0n) is 11.0. The Morgan fingerprint density at radius 3 is 2.47 bits per heavy atom. The topological polar surface area (TPSA) is 37.4 Å². The molecule has 1 fully saturated rings. The molecule has 1 saturated heterocycles. The maximum Gasteiger partial charge on any atom is 0.235 e. The maximum atomic E-state index is 12.1. The average Bonchev–Trinajstić information content (AvgIpc) is 2.26. The van der Waals surface area contributed by atoms with Crippen molar-refractivity contribution in [1.82, 2.24) is 4.90 Å². The molecule has 0 aromatic heterocycles. The van der Waals surface area contributed by atoms with Crippen LogP contribution in [0.25, 0.3) is 0 Å². The number of piperidine rings is 1. The molecule has 1 aliphatic heterocycles. The van der Waals surface area contributed by atoms with E-state index in [9.17, 15) is 9.00 Å². The number of rotatable bonds is 4. The molecule has 0 aliphatic carbocycles. The summed E-state index contributed by atoms with van der Waals surface area (Å²) in [4.78, 5) is 14.0. The van der Waals surface area contributed by atoms with E-state index in [-0.39, 0.29) is 11.7 Å². The van der Waals surface area contributed by atoms with Crippen LogP contribution >= 0.6 is 0 Å². The number of allylic oxidation sites excluding steroid dienone is 1. The largest absolute Gasteiger partial charge is 0.336 e. The van der Waals surface area contributed by atoms with E-state index in [2.05, 4.69) is 13.8 Å². The fourth-order valence-electron chi connectivity index (χ4n) is 2.39. The molecule has 1 heterocycles. The van der Waals surface area contributed by atoms with E-state index < -0.39 is 10.8 Å². The molecule has 1 aliphatic rings. The summed E-state index contributed by atoms with van der Waals surface area (Å²) in [5.74, 6) is 0.699. The zero-order chi connectivity index (χ0) is 12.8. The predicted octanol–water partition coefficient (Wildman–Crippen LogP) is 2.10. The number of hydrogen-bond donors (Lipinski definition) is 0. The first-order chi connectivity index (χ1) is 8.06. The molecule has 0 bridgehead atoms. The lowest BCUT2D eigenvalue weighted by molar-refractivity contribution is -0.134. The molecule has 0 unspecified atom stereocenters. The standard InChI is InChI=1S/C13H23NO2S/c1-4-5-9-17(16)10-13(15)14-11(2)7-6-8-12(14)3/h4-5,11-12H,6-10H2,1-3H3/b5-4+/t11-,12-,17+/m0/s1.